The van der Waals surface area contributed by atoms with Crippen molar-refractivity contribution in [3.63, 3.8) is 0 Å². The molecule has 0 heterocycles. The van der Waals surface area contributed by atoms with E-state index in [4.69, 9.17) is 0 Å². The van der Waals surface area contributed by atoms with Crippen molar-refractivity contribution in [3.05, 3.63) is 35.9 Å². The van der Waals surface area contributed by atoms with Crippen LogP contribution in [0.3, 0.4) is 0 Å². The summed E-state index contributed by atoms with van der Waals surface area (Å²) in [6.45, 7) is 6.23. The lowest BCUT2D eigenvalue weighted by Crippen LogP contribution is -2.29. The fraction of sp³-hybridized carbons (Fsp3) is 0.500. The molecule has 0 aliphatic carbocycles. The maximum Gasteiger partial charge on any atom is 0.0736 e. The number of allylic oxidation sites excluding steroid dienone is 1. The zero-order valence-electron chi connectivity index (χ0n) is 11.6. The van der Waals surface area contributed by atoms with E-state index in [2.05, 4.69) is 43.3 Å². The highest BCUT2D eigenvalue weighted by molar-refractivity contribution is 7.99. The maximum atomic E-state index is 10.3. The first-order valence-corrected chi connectivity index (χ1v) is 7.74. The molecule has 0 saturated carbocycles. The van der Waals surface area contributed by atoms with Crippen LogP contribution in [0.15, 0.2) is 35.2 Å². The lowest BCUT2D eigenvalue weighted by molar-refractivity contribution is 0.0572. The average Bonchev–Trinajstić information content (AvgIpc) is 2.43. The van der Waals surface area contributed by atoms with Gasteiger partial charge in [0.2, 0.25) is 0 Å². The van der Waals surface area contributed by atoms with Gasteiger partial charge in [-0.1, -0.05) is 45.1 Å². The van der Waals surface area contributed by atoms with Gasteiger partial charge in [-0.25, -0.2) is 0 Å². The van der Waals surface area contributed by atoms with Crippen LogP contribution in [0.2, 0.25) is 0 Å². The van der Waals surface area contributed by atoms with Crippen LogP contribution in [0.25, 0.3) is 6.08 Å². The standard InChI is InChI=1S/C16H24OS/c1-4-7-9-14-10-8-11-15(12-14)18-13-16(17,5-2)6-3/h7-12,17H,4-6,13H2,1-3H3. The van der Waals surface area contributed by atoms with E-state index >= 15 is 0 Å². The lowest BCUT2D eigenvalue weighted by atomic mass is 10.0. The first-order chi connectivity index (χ1) is 8.63. The van der Waals surface area contributed by atoms with E-state index in [0.717, 1.165) is 25.0 Å². The number of rotatable bonds is 7. The van der Waals surface area contributed by atoms with Crippen LogP contribution in [-0.4, -0.2) is 16.5 Å². The third-order valence-corrected chi connectivity index (χ3v) is 4.50. The Balaban J connectivity index is 2.65. The largest absolute Gasteiger partial charge is 0.389 e. The van der Waals surface area contributed by atoms with E-state index in [1.165, 1.54) is 10.5 Å². The minimum absolute atomic E-state index is 0.528. The van der Waals surface area contributed by atoms with Crippen LogP contribution in [0.1, 0.15) is 45.6 Å². The molecule has 1 nitrogen and oxygen atoms in total. The molecule has 0 spiro atoms. The van der Waals surface area contributed by atoms with Gasteiger partial charge >= 0.3 is 0 Å². The fourth-order valence-electron chi connectivity index (χ4n) is 1.63. The average molecular weight is 264 g/mol. The molecule has 1 rings (SSSR count). The smallest absolute Gasteiger partial charge is 0.0736 e. The molecule has 0 aliphatic rings. The fourth-order valence-corrected chi connectivity index (χ4v) is 2.87. The summed E-state index contributed by atoms with van der Waals surface area (Å²) in [5.74, 6) is 0.765. The Morgan fingerprint density at radius 1 is 1.22 bits per heavy atom. The Bertz CT molecular complexity index is 380. The number of aliphatic hydroxyl groups is 1. The molecule has 0 unspecified atom stereocenters. The molecule has 1 N–H and O–H groups in total. The SMILES string of the molecule is CCC=Cc1cccc(SCC(O)(CC)CC)c1. The minimum Gasteiger partial charge on any atom is -0.389 e. The number of benzene rings is 1. The molecule has 18 heavy (non-hydrogen) atoms. The third kappa shape index (κ3) is 4.87. The van der Waals surface area contributed by atoms with E-state index in [-0.39, 0.29) is 0 Å². The second-order valence-corrected chi connectivity index (χ2v) is 5.65. The molecular weight excluding hydrogens is 240 g/mol. The highest BCUT2D eigenvalue weighted by Crippen LogP contribution is 2.27. The van der Waals surface area contributed by atoms with Gasteiger partial charge in [0, 0.05) is 10.6 Å². The topological polar surface area (TPSA) is 20.2 Å². The molecule has 1 aromatic rings. The Hall–Kier alpha value is -0.730. The van der Waals surface area contributed by atoms with Crippen LogP contribution < -0.4 is 0 Å². The number of thioether (sulfide) groups is 1. The van der Waals surface area contributed by atoms with Crippen LogP contribution in [0.5, 0.6) is 0 Å². The molecule has 1 aromatic carbocycles. The highest BCUT2D eigenvalue weighted by atomic mass is 32.2. The van der Waals surface area contributed by atoms with E-state index in [9.17, 15) is 5.11 Å². The van der Waals surface area contributed by atoms with Crippen molar-refractivity contribution >= 4 is 17.8 Å². The molecule has 0 fully saturated rings. The van der Waals surface area contributed by atoms with Gasteiger partial charge in [0.15, 0.2) is 0 Å². The summed E-state index contributed by atoms with van der Waals surface area (Å²) in [7, 11) is 0. The zero-order valence-corrected chi connectivity index (χ0v) is 12.5. The van der Waals surface area contributed by atoms with Gasteiger partial charge in [0.05, 0.1) is 5.60 Å². The van der Waals surface area contributed by atoms with Crippen LogP contribution >= 0.6 is 11.8 Å². The summed E-state index contributed by atoms with van der Waals surface area (Å²) in [5.41, 5.74) is 0.707. The molecular formula is C16H24OS. The third-order valence-electron chi connectivity index (χ3n) is 3.23. The van der Waals surface area contributed by atoms with E-state index in [0.29, 0.717) is 0 Å². The molecule has 0 saturated heterocycles. The Morgan fingerprint density at radius 2 is 1.94 bits per heavy atom. The van der Waals surface area contributed by atoms with Crippen LogP contribution in [0.4, 0.5) is 0 Å². The Morgan fingerprint density at radius 3 is 2.56 bits per heavy atom. The molecule has 0 atom stereocenters. The predicted octanol–water partition coefficient (Wildman–Crippen LogP) is 4.75. The van der Waals surface area contributed by atoms with E-state index < -0.39 is 5.60 Å². The van der Waals surface area contributed by atoms with Crippen molar-refractivity contribution in [1.82, 2.24) is 0 Å². The molecule has 0 aliphatic heterocycles. The van der Waals surface area contributed by atoms with Crippen molar-refractivity contribution in [2.75, 3.05) is 5.75 Å². The second-order valence-electron chi connectivity index (χ2n) is 4.60. The quantitative estimate of drug-likeness (QED) is 0.717. The number of hydrogen-bond acceptors (Lipinski definition) is 2. The van der Waals surface area contributed by atoms with Crippen LogP contribution in [0, 0.1) is 0 Å². The van der Waals surface area contributed by atoms with Crippen molar-refractivity contribution in [3.8, 4) is 0 Å². The summed E-state index contributed by atoms with van der Waals surface area (Å²) in [6.07, 6.45) is 6.99. The summed E-state index contributed by atoms with van der Waals surface area (Å²) in [4.78, 5) is 1.23. The van der Waals surface area contributed by atoms with Gasteiger partial charge in [-0.15, -0.1) is 11.8 Å². The van der Waals surface area contributed by atoms with Gasteiger partial charge in [-0.3, -0.25) is 0 Å². The number of hydrogen-bond donors (Lipinski definition) is 1. The molecule has 0 radical (unpaired) electrons. The van der Waals surface area contributed by atoms with E-state index in [1.54, 1.807) is 11.8 Å². The molecule has 2 heteroatoms. The highest BCUT2D eigenvalue weighted by Gasteiger charge is 2.21. The normalized spacial score (nSPS) is 12.2. The Labute approximate surface area is 115 Å². The van der Waals surface area contributed by atoms with Crippen LogP contribution in [-0.2, 0) is 0 Å². The van der Waals surface area contributed by atoms with Crippen molar-refractivity contribution in [1.29, 1.82) is 0 Å². The van der Waals surface area contributed by atoms with E-state index in [1.807, 2.05) is 13.8 Å². The Kier molecular flexibility index (Phi) is 6.51. The van der Waals surface area contributed by atoms with Gasteiger partial charge in [-0.05, 0) is 37.0 Å². The van der Waals surface area contributed by atoms with Gasteiger partial charge in [-0.2, -0.15) is 0 Å². The summed E-state index contributed by atoms with van der Waals surface area (Å²) in [5, 5.41) is 10.3. The summed E-state index contributed by atoms with van der Waals surface area (Å²) < 4.78 is 0. The minimum atomic E-state index is -0.528. The maximum absolute atomic E-state index is 10.3. The predicted molar refractivity (Wildman–Crippen MR) is 82.0 cm³/mol. The first-order valence-electron chi connectivity index (χ1n) is 6.75. The monoisotopic (exact) mass is 264 g/mol. The van der Waals surface area contributed by atoms with Gasteiger partial charge in [0.25, 0.3) is 0 Å². The molecule has 0 aromatic heterocycles. The summed E-state index contributed by atoms with van der Waals surface area (Å²) in [6, 6.07) is 8.49. The summed E-state index contributed by atoms with van der Waals surface area (Å²) >= 11 is 1.74. The second kappa shape index (κ2) is 7.65. The van der Waals surface area contributed by atoms with Crippen molar-refractivity contribution < 1.29 is 5.11 Å². The molecule has 0 amide bonds. The van der Waals surface area contributed by atoms with Crippen molar-refractivity contribution in [2.45, 2.75) is 50.5 Å². The van der Waals surface area contributed by atoms with Crippen molar-refractivity contribution in [2.24, 2.45) is 0 Å². The first kappa shape index (κ1) is 15.3. The lowest BCUT2D eigenvalue weighted by Gasteiger charge is -2.24. The molecule has 0 bridgehead atoms. The van der Waals surface area contributed by atoms with Gasteiger partial charge < -0.3 is 5.11 Å². The zero-order chi connectivity index (χ0) is 13.4. The molecule has 100 valence electrons. The van der Waals surface area contributed by atoms with Gasteiger partial charge in [0.1, 0.15) is 0 Å².